The lowest BCUT2D eigenvalue weighted by molar-refractivity contribution is -0.155. The molecule has 4 atom stereocenters. The Morgan fingerprint density at radius 1 is 1.41 bits per heavy atom. The number of rotatable bonds is 6. The smallest absolute Gasteiger partial charge is 0.110 e. The molecule has 3 heteroatoms. The number of aliphatic hydroxyl groups is 1. The Bertz CT molecular complexity index is 228. The maximum absolute atomic E-state index is 10.1. The summed E-state index contributed by atoms with van der Waals surface area (Å²) in [5, 5.41) is 10.1. The van der Waals surface area contributed by atoms with Crippen LogP contribution in [0.25, 0.3) is 0 Å². The molecule has 0 amide bonds. The molecule has 1 aliphatic rings. The average molecular weight is 242 g/mol. The number of allylic oxidation sites excluding steroid dienone is 1. The van der Waals surface area contributed by atoms with Gasteiger partial charge in [-0.2, -0.15) is 0 Å². The number of hydrogen-bond acceptors (Lipinski definition) is 3. The number of hydrogen-bond donors (Lipinski definition) is 1. The molecule has 17 heavy (non-hydrogen) atoms. The zero-order valence-electron chi connectivity index (χ0n) is 11.3. The van der Waals surface area contributed by atoms with Crippen LogP contribution in [0, 0.1) is 5.92 Å². The van der Waals surface area contributed by atoms with Crippen molar-refractivity contribution in [2.75, 3.05) is 13.7 Å². The summed E-state index contributed by atoms with van der Waals surface area (Å²) in [6, 6.07) is 0. The molecule has 100 valence electrons. The molecule has 0 bridgehead atoms. The van der Waals surface area contributed by atoms with Crippen LogP contribution in [0.2, 0.25) is 0 Å². The highest BCUT2D eigenvalue weighted by molar-refractivity contribution is 4.99. The Kier molecular flexibility index (Phi) is 6.78. The van der Waals surface area contributed by atoms with Crippen molar-refractivity contribution in [1.29, 1.82) is 0 Å². The van der Waals surface area contributed by atoms with Crippen LogP contribution in [0.15, 0.2) is 12.2 Å². The van der Waals surface area contributed by atoms with Gasteiger partial charge >= 0.3 is 0 Å². The molecule has 1 fully saturated rings. The Labute approximate surface area is 105 Å². The lowest BCUT2D eigenvalue weighted by Crippen LogP contribution is -2.49. The highest BCUT2D eigenvalue weighted by atomic mass is 16.5. The SMILES string of the molecule is CCCCC/C=C/[C@@H]1OC[C@H](C)[C@H](OC)[C@H]1O. The van der Waals surface area contributed by atoms with Gasteiger partial charge in [-0.05, 0) is 12.8 Å². The maximum atomic E-state index is 10.1. The van der Waals surface area contributed by atoms with E-state index >= 15 is 0 Å². The predicted molar refractivity (Wildman–Crippen MR) is 69.0 cm³/mol. The lowest BCUT2D eigenvalue weighted by atomic mass is 9.93. The van der Waals surface area contributed by atoms with Crippen LogP contribution in [-0.4, -0.2) is 37.1 Å². The van der Waals surface area contributed by atoms with Crippen LogP contribution < -0.4 is 0 Å². The molecule has 1 N–H and O–H groups in total. The molecule has 1 saturated heterocycles. The second-order valence-corrected chi connectivity index (χ2v) is 4.89. The van der Waals surface area contributed by atoms with Gasteiger partial charge in [0.2, 0.25) is 0 Å². The minimum Gasteiger partial charge on any atom is -0.387 e. The van der Waals surface area contributed by atoms with Crippen molar-refractivity contribution < 1.29 is 14.6 Å². The lowest BCUT2D eigenvalue weighted by Gasteiger charge is -2.36. The highest BCUT2D eigenvalue weighted by Crippen LogP contribution is 2.23. The van der Waals surface area contributed by atoms with Crippen LogP contribution in [0.3, 0.4) is 0 Å². The third-order valence-corrected chi connectivity index (χ3v) is 3.36. The van der Waals surface area contributed by atoms with E-state index in [1.54, 1.807) is 7.11 Å². The Balaban J connectivity index is 2.37. The zero-order valence-corrected chi connectivity index (χ0v) is 11.3. The van der Waals surface area contributed by atoms with E-state index in [0.717, 1.165) is 6.42 Å². The molecule has 0 spiro atoms. The van der Waals surface area contributed by atoms with Crippen molar-refractivity contribution in [2.24, 2.45) is 5.92 Å². The zero-order chi connectivity index (χ0) is 12.7. The standard InChI is InChI=1S/C14H26O3/c1-4-5-6-7-8-9-12-13(15)14(16-3)11(2)10-17-12/h8-9,11-15H,4-7,10H2,1-3H3/b9-8+/t11-,12-,13-,14-/m0/s1. The fourth-order valence-electron chi connectivity index (χ4n) is 2.26. The number of unbranched alkanes of at least 4 members (excludes halogenated alkanes) is 3. The van der Waals surface area contributed by atoms with Crippen LogP contribution in [-0.2, 0) is 9.47 Å². The molecular weight excluding hydrogens is 216 g/mol. The summed E-state index contributed by atoms with van der Waals surface area (Å²) < 4.78 is 11.0. The molecule has 0 radical (unpaired) electrons. The van der Waals surface area contributed by atoms with E-state index in [1.165, 1.54) is 19.3 Å². The van der Waals surface area contributed by atoms with Crippen molar-refractivity contribution in [1.82, 2.24) is 0 Å². The summed E-state index contributed by atoms with van der Waals surface area (Å²) in [6.45, 7) is 4.89. The van der Waals surface area contributed by atoms with E-state index in [2.05, 4.69) is 13.0 Å². The molecule has 0 aromatic rings. The summed E-state index contributed by atoms with van der Waals surface area (Å²) in [6.07, 6.45) is 7.99. The minimum atomic E-state index is -0.550. The maximum Gasteiger partial charge on any atom is 0.110 e. The van der Waals surface area contributed by atoms with Gasteiger partial charge in [-0.3, -0.25) is 0 Å². The van der Waals surface area contributed by atoms with Crippen LogP contribution in [0.5, 0.6) is 0 Å². The summed E-state index contributed by atoms with van der Waals surface area (Å²) in [5.74, 6) is 0.250. The Hall–Kier alpha value is -0.380. The second kappa shape index (κ2) is 7.85. The normalized spacial score (nSPS) is 34.4. The van der Waals surface area contributed by atoms with E-state index in [9.17, 15) is 5.11 Å². The Morgan fingerprint density at radius 3 is 2.82 bits per heavy atom. The van der Waals surface area contributed by atoms with Crippen LogP contribution in [0.4, 0.5) is 0 Å². The van der Waals surface area contributed by atoms with Gasteiger partial charge in [-0.1, -0.05) is 38.8 Å². The van der Waals surface area contributed by atoms with Gasteiger partial charge in [-0.15, -0.1) is 0 Å². The molecule has 0 aromatic carbocycles. The molecule has 0 saturated carbocycles. The summed E-state index contributed by atoms with van der Waals surface area (Å²) in [4.78, 5) is 0. The topological polar surface area (TPSA) is 38.7 Å². The molecule has 3 nitrogen and oxygen atoms in total. The van der Waals surface area contributed by atoms with Crippen molar-refractivity contribution in [3.63, 3.8) is 0 Å². The summed E-state index contributed by atoms with van der Waals surface area (Å²) >= 11 is 0. The predicted octanol–water partition coefficient (Wildman–Crippen LogP) is 2.53. The third-order valence-electron chi connectivity index (χ3n) is 3.36. The van der Waals surface area contributed by atoms with Crippen molar-refractivity contribution in [2.45, 2.75) is 57.8 Å². The van der Waals surface area contributed by atoms with Crippen LogP contribution >= 0.6 is 0 Å². The van der Waals surface area contributed by atoms with Crippen LogP contribution in [0.1, 0.15) is 39.5 Å². The van der Waals surface area contributed by atoms with E-state index in [1.807, 2.05) is 13.0 Å². The quantitative estimate of drug-likeness (QED) is 0.574. The highest BCUT2D eigenvalue weighted by Gasteiger charge is 2.35. The number of aliphatic hydroxyl groups excluding tert-OH is 1. The van der Waals surface area contributed by atoms with Crippen molar-refractivity contribution in [3.05, 3.63) is 12.2 Å². The molecule has 1 rings (SSSR count). The van der Waals surface area contributed by atoms with Crippen molar-refractivity contribution in [3.8, 4) is 0 Å². The first kappa shape index (κ1) is 14.7. The Morgan fingerprint density at radius 2 is 2.18 bits per heavy atom. The second-order valence-electron chi connectivity index (χ2n) is 4.89. The van der Waals surface area contributed by atoms with Gasteiger partial charge in [0.25, 0.3) is 0 Å². The number of methoxy groups -OCH3 is 1. The van der Waals surface area contributed by atoms with Crippen molar-refractivity contribution >= 4 is 0 Å². The first-order chi connectivity index (χ1) is 8.20. The van der Waals surface area contributed by atoms with Gasteiger partial charge < -0.3 is 14.6 Å². The summed E-state index contributed by atoms with van der Waals surface area (Å²) in [7, 11) is 1.65. The molecule has 0 aliphatic carbocycles. The van der Waals surface area contributed by atoms with Gasteiger partial charge in [0.15, 0.2) is 0 Å². The van der Waals surface area contributed by atoms with Gasteiger partial charge in [0.1, 0.15) is 12.2 Å². The van der Waals surface area contributed by atoms with E-state index in [4.69, 9.17) is 9.47 Å². The molecule has 1 aliphatic heterocycles. The largest absolute Gasteiger partial charge is 0.387 e. The minimum absolute atomic E-state index is 0.117. The fourth-order valence-corrected chi connectivity index (χ4v) is 2.26. The van der Waals surface area contributed by atoms with E-state index < -0.39 is 6.10 Å². The van der Waals surface area contributed by atoms with Gasteiger partial charge in [0, 0.05) is 13.0 Å². The molecule has 0 unspecified atom stereocenters. The molecule has 0 aromatic heterocycles. The summed E-state index contributed by atoms with van der Waals surface area (Å²) in [5.41, 5.74) is 0. The first-order valence-electron chi connectivity index (χ1n) is 6.69. The first-order valence-corrected chi connectivity index (χ1v) is 6.69. The average Bonchev–Trinajstić information content (AvgIpc) is 2.32. The van der Waals surface area contributed by atoms with Gasteiger partial charge in [-0.25, -0.2) is 0 Å². The van der Waals surface area contributed by atoms with E-state index in [0.29, 0.717) is 6.61 Å². The van der Waals surface area contributed by atoms with E-state index in [-0.39, 0.29) is 18.1 Å². The number of ether oxygens (including phenoxy) is 2. The third kappa shape index (κ3) is 4.41. The fraction of sp³-hybridized carbons (Fsp3) is 0.857. The monoisotopic (exact) mass is 242 g/mol. The molecular formula is C14H26O3. The molecule has 1 heterocycles. The van der Waals surface area contributed by atoms with Gasteiger partial charge in [0.05, 0.1) is 12.7 Å².